The van der Waals surface area contributed by atoms with E-state index in [0.29, 0.717) is 22.3 Å². The predicted octanol–water partition coefficient (Wildman–Crippen LogP) is 6.67. The van der Waals surface area contributed by atoms with Crippen LogP contribution in [-0.4, -0.2) is 17.7 Å². The van der Waals surface area contributed by atoms with Gasteiger partial charge >= 0.3 is 5.97 Å². The summed E-state index contributed by atoms with van der Waals surface area (Å²) in [4.78, 5) is 13.6. The molecule has 0 saturated heterocycles. The van der Waals surface area contributed by atoms with Crippen molar-refractivity contribution in [3.63, 3.8) is 0 Å². The van der Waals surface area contributed by atoms with Gasteiger partial charge in [-0.25, -0.2) is 4.79 Å². The fourth-order valence-corrected chi connectivity index (χ4v) is 4.85. The van der Waals surface area contributed by atoms with Crippen LogP contribution in [0.15, 0.2) is 97.1 Å². The molecule has 0 aliphatic rings. The smallest absolute Gasteiger partial charge is 0.341 e. The minimum absolute atomic E-state index is 0.132. The Morgan fingerprint density at radius 1 is 0.909 bits per heavy atom. The molecule has 0 fully saturated rings. The van der Waals surface area contributed by atoms with Crippen LogP contribution in [-0.2, 0) is 4.74 Å². The van der Waals surface area contributed by atoms with E-state index in [1.807, 2.05) is 72.8 Å². The second kappa shape index (κ2) is 10.9. The molecule has 1 heterocycles. The van der Waals surface area contributed by atoms with Crippen molar-refractivity contribution in [2.75, 3.05) is 11.9 Å². The normalized spacial score (nSPS) is 10.6. The predicted molar refractivity (Wildman–Crippen MR) is 140 cm³/mol. The zero-order valence-corrected chi connectivity index (χ0v) is 19.8. The number of hydrogen-bond acceptors (Lipinski definition) is 4. The minimum atomic E-state index is -0.371. The first-order valence-electron chi connectivity index (χ1n) is 10.7. The van der Waals surface area contributed by atoms with Crippen LogP contribution in [0.4, 0.5) is 5.00 Å². The second-order valence-electron chi connectivity index (χ2n) is 7.29. The van der Waals surface area contributed by atoms with E-state index in [2.05, 4.69) is 34.9 Å². The molecule has 0 aliphatic carbocycles. The Hall–Kier alpha value is -3.48. The summed E-state index contributed by atoms with van der Waals surface area (Å²) >= 11 is 7.16. The van der Waals surface area contributed by atoms with Crippen LogP contribution in [0.2, 0.25) is 0 Å². The van der Waals surface area contributed by atoms with Gasteiger partial charge in [0.1, 0.15) is 5.00 Å². The molecule has 4 aromatic rings. The van der Waals surface area contributed by atoms with Gasteiger partial charge in [-0.15, -0.1) is 11.3 Å². The van der Waals surface area contributed by atoms with Gasteiger partial charge in [-0.1, -0.05) is 91.0 Å². The molecule has 0 aliphatic heterocycles. The largest absolute Gasteiger partial charge is 0.462 e. The van der Waals surface area contributed by atoms with Crippen LogP contribution in [0, 0.1) is 0 Å². The minimum Gasteiger partial charge on any atom is -0.462 e. The summed E-state index contributed by atoms with van der Waals surface area (Å²) in [5.41, 5.74) is 3.69. The van der Waals surface area contributed by atoms with E-state index < -0.39 is 0 Å². The van der Waals surface area contributed by atoms with Gasteiger partial charge in [-0.2, -0.15) is 0 Å². The van der Waals surface area contributed by atoms with Gasteiger partial charge in [0.15, 0.2) is 5.11 Å². The Balaban J connectivity index is 1.61. The lowest BCUT2D eigenvalue weighted by Gasteiger charge is -2.22. The molecule has 0 bridgehead atoms. The van der Waals surface area contributed by atoms with Crippen molar-refractivity contribution in [1.29, 1.82) is 0 Å². The van der Waals surface area contributed by atoms with E-state index >= 15 is 0 Å². The summed E-state index contributed by atoms with van der Waals surface area (Å²) in [5, 5.41) is 7.76. The lowest BCUT2D eigenvalue weighted by atomic mass is 9.99. The van der Waals surface area contributed by atoms with Gasteiger partial charge in [-0.05, 0) is 41.9 Å². The van der Waals surface area contributed by atoms with Gasteiger partial charge < -0.3 is 15.4 Å². The average Bonchev–Trinajstić information content (AvgIpc) is 3.28. The van der Waals surface area contributed by atoms with Gasteiger partial charge in [0.05, 0.1) is 18.2 Å². The third-order valence-corrected chi connectivity index (χ3v) is 6.37. The highest BCUT2D eigenvalue weighted by Crippen LogP contribution is 2.36. The quantitative estimate of drug-likeness (QED) is 0.232. The number of benzene rings is 3. The topological polar surface area (TPSA) is 50.4 Å². The molecule has 6 heteroatoms. The van der Waals surface area contributed by atoms with Crippen molar-refractivity contribution in [3.05, 3.63) is 114 Å². The first-order valence-corrected chi connectivity index (χ1v) is 11.9. The van der Waals surface area contributed by atoms with Crippen molar-refractivity contribution in [3.8, 4) is 10.4 Å². The number of carbonyl (C=O) groups is 1. The SMILES string of the molecule is CCOC(=O)c1cc(-c2ccccc2)sc1NC(=S)NC(c1ccccc1)c1ccccc1. The second-order valence-corrected chi connectivity index (χ2v) is 8.75. The number of nitrogens with one attached hydrogen (secondary N) is 2. The number of anilines is 1. The van der Waals surface area contributed by atoms with Crippen LogP contribution >= 0.6 is 23.6 Å². The van der Waals surface area contributed by atoms with E-state index in [0.717, 1.165) is 21.6 Å². The molecule has 2 N–H and O–H groups in total. The molecule has 3 aromatic carbocycles. The zero-order chi connectivity index (χ0) is 23.0. The Morgan fingerprint density at radius 2 is 1.45 bits per heavy atom. The highest BCUT2D eigenvalue weighted by Gasteiger charge is 2.21. The highest BCUT2D eigenvalue weighted by molar-refractivity contribution is 7.80. The van der Waals surface area contributed by atoms with Crippen molar-refractivity contribution < 1.29 is 9.53 Å². The molecule has 0 amide bonds. The molecular formula is C27H24N2O2S2. The number of ether oxygens (including phenoxy) is 1. The Bertz CT molecular complexity index is 1170. The van der Waals surface area contributed by atoms with Gasteiger partial charge in [0.2, 0.25) is 0 Å². The third-order valence-electron chi connectivity index (χ3n) is 5.05. The Kier molecular flexibility index (Phi) is 7.50. The maximum absolute atomic E-state index is 12.6. The van der Waals surface area contributed by atoms with Crippen LogP contribution in [0.1, 0.15) is 34.5 Å². The molecule has 0 spiro atoms. The number of rotatable bonds is 7. The summed E-state index contributed by atoms with van der Waals surface area (Å²) in [7, 11) is 0. The summed E-state index contributed by atoms with van der Waals surface area (Å²) in [6, 6.07) is 31.9. The Labute approximate surface area is 203 Å². The molecule has 0 unspecified atom stereocenters. The molecular weight excluding hydrogens is 448 g/mol. The van der Waals surface area contributed by atoms with Crippen LogP contribution in [0.25, 0.3) is 10.4 Å². The van der Waals surface area contributed by atoms with E-state index in [-0.39, 0.29) is 12.0 Å². The number of carbonyl (C=O) groups excluding carboxylic acids is 1. The molecule has 33 heavy (non-hydrogen) atoms. The maximum Gasteiger partial charge on any atom is 0.341 e. The summed E-state index contributed by atoms with van der Waals surface area (Å²) in [5.74, 6) is -0.371. The van der Waals surface area contributed by atoms with E-state index in [1.165, 1.54) is 11.3 Å². The lowest BCUT2D eigenvalue weighted by molar-refractivity contribution is 0.0528. The maximum atomic E-state index is 12.6. The van der Waals surface area contributed by atoms with Gasteiger partial charge in [0, 0.05) is 4.88 Å². The van der Waals surface area contributed by atoms with Gasteiger partial charge in [-0.3, -0.25) is 0 Å². The number of esters is 1. The molecule has 1 aromatic heterocycles. The van der Waals surface area contributed by atoms with Crippen molar-refractivity contribution >= 4 is 39.6 Å². The molecule has 0 atom stereocenters. The monoisotopic (exact) mass is 472 g/mol. The van der Waals surface area contributed by atoms with Crippen LogP contribution in [0.3, 0.4) is 0 Å². The molecule has 0 radical (unpaired) electrons. The van der Waals surface area contributed by atoms with E-state index in [9.17, 15) is 4.79 Å². The molecule has 4 rings (SSSR count). The number of thiophene rings is 1. The summed E-state index contributed by atoms with van der Waals surface area (Å²) in [6.07, 6.45) is 0. The van der Waals surface area contributed by atoms with Crippen LogP contribution in [0.5, 0.6) is 0 Å². The average molecular weight is 473 g/mol. The fourth-order valence-electron chi connectivity index (χ4n) is 3.51. The van der Waals surface area contributed by atoms with E-state index in [4.69, 9.17) is 17.0 Å². The highest BCUT2D eigenvalue weighted by atomic mass is 32.1. The summed E-state index contributed by atoms with van der Waals surface area (Å²) in [6.45, 7) is 2.10. The lowest BCUT2D eigenvalue weighted by Crippen LogP contribution is -2.33. The first-order chi connectivity index (χ1) is 16.2. The van der Waals surface area contributed by atoms with Crippen LogP contribution < -0.4 is 10.6 Å². The first kappa shape index (κ1) is 22.7. The zero-order valence-electron chi connectivity index (χ0n) is 18.2. The fraction of sp³-hybridized carbons (Fsp3) is 0.111. The molecule has 166 valence electrons. The van der Waals surface area contributed by atoms with Crippen molar-refractivity contribution in [2.24, 2.45) is 0 Å². The number of hydrogen-bond donors (Lipinski definition) is 2. The molecule has 0 saturated carbocycles. The summed E-state index contributed by atoms with van der Waals surface area (Å²) < 4.78 is 5.28. The third kappa shape index (κ3) is 5.66. The van der Waals surface area contributed by atoms with E-state index in [1.54, 1.807) is 6.92 Å². The van der Waals surface area contributed by atoms with Gasteiger partial charge in [0.25, 0.3) is 0 Å². The molecule has 4 nitrogen and oxygen atoms in total. The van der Waals surface area contributed by atoms with Crippen molar-refractivity contribution in [2.45, 2.75) is 13.0 Å². The Morgan fingerprint density at radius 3 is 2.00 bits per heavy atom. The van der Waals surface area contributed by atoms with Crippen molar-refractivity contribution in [1.82, 2.24) is 5.32 Å². The number of thiocarbonyl (C=S) groups is 1. The standard InChI is InChI=1S/C27H24N2O2S2/c1-2-31-26(30)22-18-23(19-12-6-3-7-13-19)33-25(22)29-27(32)28-24(20-14-8-4-9-15-20)21-16-10-5-11-17-21/h3-18,24H,2H2,1H3,(H2,28,29,32).